The van der Waals surface area contributed by atoms with Gasteiger partial charge in [-0.2, -0.15) is 0 Å². The van der Waals surface area contributed by atoms with Gasteiger partial charge in [0.25, 0.3) is 0 Å². The van der Waals surface area contributed by atoms with Crippen molar-refractivity contribution in [2.75, 3.05) is 52.0 Å². The Labute approximate surface area is 143 Å². The minimum absolute atomic E-state index is 0.00421. The number of amides is 2. The lowest BCUT2D eigenvalue weighted by atomic mass is 10.2. The summed E-state index contributed by atoms with van der Waals surface area (Å²) in [7, 11) is 3.79. The molecule has 128 valence electrons. The summed E-state index contributed by atoms with van der Waals surface area (Å²) in [6.45, 7) is 3.33. The molecule has 23 heavy (non-hydrogen) atoms. The van der Waals surface area contributed by atoms with Gasteiger partial charge in [0.2, 0.25) is 0 Å². The smallest absolute Gasteiger partial charge is 0.322 e. The summed E-state index contributed by atoms with van der Waals surface area (Å²) in [6, 6.07) is 8.26. The third-order valence-electron chi connectivity index (χ3n) is 4.18. The highest BCUT2D eigenvalue weighted by molar-refractivity contribution is 7.98. The van der Waals surface area contributed by atoms with E-state index in [-0.39, 0.29) is 12.1 Å². The molecule has 0 aromatic heterocycles. The van der Waals surface area contributed by atoms with E-state index in [2.05, 4.69) is 17.3 Å². The molecule has 2 amide bonds. The van der Waals surface area contributed by atoms with Crippen LogP contribution >= 0.6 is 11.8 Å². The first-order valence-corrected chi connectivity index (χ1v) is 9.25. The van der Waals surface area contributed by atoms with E-state index in [1.54, 1.807) is 18.9 Å². The number of methoxy groups -OCH3 is 1. The Kier molecular flexibility index (Phi) is 7.20. The van der Waals surface area contributed by atoms with Crippen LogP contribution in [0, 0.1) is 0 Å². The van der Waals surface area contributed by atoms with E-state index in [1.807, 2.05) is 35.4 Å². The third kappa shape index (κ3) is 5.41. The quantitative estimate of drug-likeness (QED) is 0.777. The summed E-state index contributed by atoms with van der Waals surface area (Å²) in [4.78, 5) is 17.9. The van der Waals surface area contributed by atoms with Gasteiger partial charge in [0.1, 0.15) is 0 Å². The van der Waals surface area contributed by atoms with Gasteiger partial charge in [-0.15, -0.1) is 11.8 Å². The van der Waals surface area contributed by atoms with Gasteiger partial charge >= 0.3 is 6.03 Å². The molecule has 1 heterocycles. The van der Waals surface area contributed by atoms with Crippen LogP contribution in [0.3, 0.4) is 0 Å². The van der Waals surface area contributed by atoms with Crippen LogP contribution in [0.1, 0.15) is 12.8 Å². The Morgan fingerprint density at radius 1 is 1.43 bits per heavy atom. The van der Waals surface area contributed by atoms with E-state index in [0.29, 0.717) is 0 Å². The molecule has 0 saturated carbocycles. The summed E-state index contributed by atoms with van der Waals surface area (Å²) in [5.41, 5.74) is 0.853. The van der Waals surface area contributed by atoms with Crippen LogP contribution in [0.2, 0.25) is 0 Å². The summed E-state index contributed by atoms with van der Waals surface area (Å²) >= 11 is 1.70. The van der Waals surface area contributed by atoms with Crippen LogP contribution in [-0.2, 0) is 4.74 Å². The predicted molar refractivity (Wildman–Crippen MR) is 96.3 cm³/mol. The van der Waals surface area contributed by atoms with Crippen molar-refractivity contribution in [3.63, 3.8) is 0 Å². The third-order valence-corrected chi connectivity index (χ3v) is 4.92. The maximum atomic E-state index is 12.5. The molecule has 1 saturated heterocycles. The second kappa shape index (κ2) is 9.15. The first-order chi connectivity index (χ1) is 11.1. The van der Waals surface area contributed by atoms with Crippen LogP contribution in [-0.4, -0.2) is 68.5 Å². The Hall–Kier alpha value is -1.24. The van der Waals surface area contributed by atoms with Crippen molar-refractivity contribution >= 4 is 23.5 Å². The number of hydrogen-bond donors (Lipinski definition) is 1. The van der Waals surface area contributed by atoms with Gasteiger partial charge in [-0.25, -0.2) is 4.79 Å². The number of hydrogen-bond acceptors (Lipinski definition) is 4. The average Bonchev–Trinajstić information content (AvgIpc) is 3.01. The number of thioether (sulfide) groups is 1. The monoisotopic (exact) mass is 337 g/mol. The lowest BCUT2D eigenvalue weighted by Gasteiger charge is -2.28. The molecule has 1 aromatic rings. The molecule has 0 aliphatic carbocycles. The molecule has 0 bridgehead atoms. The number of benzene rings is 1. The van der Waals surface area contributed by atoms with Crippen LogP contribution in [0.25, 0.3) is 0 Å². The average molecular weight is 337 g/mol. The van der Waals surface area contributed by atoms with E-state index in [4.69, 9.17) is 4.74 Å². The molecule has 1 aliphatic heterocycles. The molecule has 1 fully saturated rings. The van der Waals surface area contributed by atoms with Crippen molar-refractivity contribution in [1.82, 2.24) is 9.80 Å². The van der Waals surface area contributed by atoms with Crippen LogP contribution in [0.15, 0.2) is 29.2 Å². The summed E-state index contributed by atoms with van der Waals surface area (Å²) in [5, 5.41) is 3.02. The van der Waals surface area contributed by atoms with Crippen molar-refractivity contribution in [2.24, 2.45) is 0 Å². The fourth-order valence-corrected chi connectivity index (χ4v) is 3.27. The maximum absolute atomic E-state index is 12.5. The van der Waals surface area contributed by atoms with Crippen molar-refractivity contribution in [3.8, 4) is 0 Å². The highest BCUT2D eigenvalue weighted by Gasteiger charge is 2.29. The molecule has 6 heteroatoms. The minimum atomic E-state index is 0.00421. The second-order valence-electron chi connectivity index (χ2n) is 5.90. The highest BCUT2D eigenvalue weighted by atomic mass is 32.2. The molecule has 0 spiro atoms. The number of ether oxygens (including phenoxy) is 1. The normalized spacial score (nSPS) is 17.7. The standard InChI is InChI=1S/C17H27N3O2S/c1-19(11-12-22-2)13-15-5-4-10-20(15)17(21)18-14-6-8-16(23-3)9-7-14/h6-9,15H,4-5,10-13H2,1-3H3,(H,18,21)/t15-/m1/s1. The number of rotatable bonds is 7. The van der Waals surface area contributed by atoms with E-state index in [1.165, 1.54) is 4.90 Å². The molecule has 0 radical (unpaired) electrons. The fraction of sp³-hybridized carbons (Fsp3) is 0.588. The van der Waals surface area contributed by atoms with Gasteiger partial charge in [0, 0.05) is 43.4 Å². The number of likely N-dealkylation sites (N-methyl/N-ethyl adjacent to an activating group) is 1. The van der Waals surface area contributed by atoms with Crippen molar-refractivity contribution in [1.29, 1.82) is 0 Å². The number of anilines is 1. The lowest BCUT2D eigenvalue weighted by molar-refractivity contribution is 0.143. The van der Waals surface area contributed by atoms with Gasteiger partial charge in [0.05, 0.1) is 6.61 Å². The van der Waals surface area contributed by atoms with Gasteiger partial charge in [-0.1, -0.05) is 0 Å². The Morgan fingerprint density at radius 3 is 2.83 bits per heavy atom. The molecule has 2 rings (SSSR count). The zero-order valence-electron chi connectivity index (χ0n) is 14.2. The van der Waals surface area contributed by atoms with Crippen molar-refractivity contribution < 1.29 is 9.53 Å². The first kappa shape index (κ1) is 18.1. The zero-order chi connectivity index (χ0) is 16.7. The van der Waals surface area contributed by atoms with E-state index >= 15 is 0 Å². The first-order valence-electron chi connectivity index (χ1n) is 8.03. The van der Waals surface area contributed by atoms with Crippen LogP contribution in [0.4, 0.5) is 10.5 Å². The summed E-state index contributed by atoms with van der Waals surface area (Å²) < 4.78 is 5.11. The molecule has 1 aromatic carbocycles. The molecule has 1 atom stereocenters. The number of nitrogens with one attached hydrogen (secondary N) is 1. The summed E-state index contributed by atoms with van der Waals surface area (Å²) in [5.74, 6) is 0. The lowest BCUT2D eigenvalue weighted by Crippen LogP contribution is -2.44. The Balaban J connectivity index is 1.89. The molecule has 0 unspecified atom stereocenters. The topological polar surface area (TPSA) is 44.8 Å². The van der Waals surface area contributed by atoms with Gasteiger partial charge in [-0.05, 0) is 50.4 Å². The highest BCUT2D eigenvalue weighted by Crippen LogP contribution is 2.21. The maximum Gasteiger partial charge on any atom is 0.322 e. The van der Waals surface area contributed by atoms with Crippen LogP contribution in [0.5, 0.6) is 0 Å². The number of carbonyl (C=O) groups is 1. The predicted octanol–water partition coefficient (Wildman–Crippen LogP) is 2.98. The molecule has 1 aliphatic rings. The molecular formula is C17H27N3O2S. The van der Waals surface area contributed by atoms with Crippen molar-refractivity contribution in [2.45, 2.75) is 23.8 Å². The van der Waals surface area contributed by atoms with E-state index in [0.717, 1.165) is 44.8 Å². The van der Waals surface area contributed by atoms with Crippen molar-refractivity contribution in [3.05, 3.63) is 24.3 Å². The SMILES string of the molecule is COCCN(C)C[C@H]1CCCN1C(=O)Nc1ccc(SC)cc1. The van der Waals surface area contributed by atoms with E-state index < -0.39 is 0 Å². The fourth-order valence-electron chi connectivity index (χ4n) is 2.86. The largest absolute Gasteiger partial charge is 0.383 e. The van der Waals surface area contributed by atoms with Gasteiger partial charge in [0.15, 0.2) is 0 Å². The molecular weight excluding hydrogens is 310 g/mol. The number of urea groups is 1. The molecule has 1 N–H and O–H groups in total. The number of likely N-dealkylation sites (tertiary alicyclic amines) is 1. The van der Waals surface area contributed by atoms with Crippen LogP contribution < -0.4 is 5.32 Å². The number of nitrogens with zero attached hydrogens (tertiary/aromatic N) is 2. The van der Waals surface area contributed by atoms with E-state index in [9.17, 15) is 4.79 Å². The zero-order valence-corrected chi connectivity index (χ0v) is 15.1. The van der Waals surface area contributed by atoms with Gasteiger partial charge in [-0.3, -0.25) is 0 Å². The Morgan fingerprint density at radius 2 is 2.17 bits per heavy atom. The van der Waals surface area contributed by atoms with Gasteiger partial charge < -0.3 is 19.9 Å². The number of carbonyl (C=O) groups excluding carboxylic acids is 1. The Bertz CT molecular complexity index is 495. The molecule has 5 nitrogen and oxygen atoms in total. The second-order valence-corrected chi connectivity index (χ2v) is 6.78. The summed E-state index contributed by atoms with van der Waals surface area (Å²) in [6.07, 6.45) is 4.18. The minimum Gasteiger partial charge on any atom is -0.383 e.